The Labute approximate surface area is 110 Å². The maximum absolute atomic E-state index is 9.63. The van der Waals surface area contributed by atoms with Gasteiger partial charge in [0.25, 0.3) is 0 Å². The van der Waals surface area contributed by atoms with Crippen molar-refractivity contribution in [3.63, 3.8) is 0 Å². The molecule has 0 bridgehead atoms. The molecule has 0 atom stereocenters. The lowest BCUT2D eigenvalue weighted by Gasteiger charge is -2.15. The van der Waals surface area contributed by atoms with Crippen molar-refractivity contribution in [3.8, 4) is 5.75 Å². The lowest BCUT2D eigenvalue weighted by atomic mass is 10.00. The van der Waals surface area contributed by atoms with Gasteiger partial charge in [-0.1, -0.05) is 18.2 Å². The number of allylic oxidation sites excluding steroid dienone is 1. The smallest absolute Gasteiger partial charge is 0.122 e. The van der Waals surface area contributed by atoms with Crippen LogP contribution in [0.4, 0.5) is 0 Å². The Morgan fingerprint density at radius 3 is 2.44 bits per heavy atom. The average Bonchev–Trinajstić information content (AvgIpc) is 2.28. The van der Waals surface area contributed by atoms with Crippen LogP contribution in [0.3, 0.4) is 0 Å². The van der Waals surface area contributed by atoms with Crippen molar-refractivity contribution in [2.75, 3.05) is 7.11 Å². The lowest BCUT2D eigenvalue weighted by Crippen LogP contribution is -2.17. The zero-order chi connectivity index (χ0) is 13.8. The quantitative estimate of drug-likeness (QED) is 0.857. The molecule has 0 fully saturated rings. The first kappa shape index (κ1) is 14.8. The summed E-state index contributed by atoms with van der Waals surface area (Å²) < 4.78 is 5.29. The first-order valence-corrected chi connectivity index (χ1v) is 6.38. The van der Waals surface area contributed by atoms with Gasteiger partial charge < -0.3 is 9.84 Å². The molecule has 1 aromatic carbocycles. The van der Waals surface area contributed by atoms with Crippen molar-refractivity contribution in [2.45, 2.75) is 46.1 Å². The van der Waals surface area contributed by atoms with E-state index >= 15 is 0 Å². The molecule has 2 heteroatoms. The molecular weight excluding hydrogens is 224 g/mol. The van der Waals surface area contributed by atoms with E-state index < -0.39 is 5.60 Å². The molecule has 2 nitrogen and oxygen atoms in total. The number of hydrogen-bond donors (Lipinski definition) is 1. The third-order valence-corrected chi connectivity index (χ3v) is 3.22. The van der Waals surface area contributed by atoms with Gasteiger partial charge in [-0.15, -0.1) is 0 Å². The molecule has 1 rings (SSSR count). The molecule has 0 spiro atoms. The summed E-state index contributed by atoms with van der Waals surface area (Å²) in [6, 6.07) is 4.07. The highest BCUT2D eigenvalue weighted by molar-refractivity contribution is 5.58. The molecule has 0 amide bonds. The van der Waals surface area contributed by atoms with Crippen LogP contribution in [-0.2, 0) is 0 Å². The van der Waals surface area contributed by atoms with E-state index in [1.807, 2.05) is 19.9 Å². The molecule has 1 aromatic rings. The van der Waals surface area contributed by atoms with Crippen LogP contribution >= 0.6 is 0 Å². The van der Waals surface area contributed by atoms with Gasteiger partial charge in [0.15, 0.2) is 0 Å². The molecule has 0 aliphatic rings. The minimum atomic E-state index is -0.588. The van der Waals surface area contributed by atoms with Crippen molar-refractivity contribution in [2.24, 2.45) is 0 Å². The molecule has 0 aliphatic carbocycles. The summed E-state index contributed by atoms with van der Waals surface area (Å²) in [6.07, 6.45) is 5.89. The first-order valence-electron chi connectivity index (χ1n) is 6.38. The second kappa shape index (κ2) is 6.05. The Hall–Kier alpha value is -1.28. The number of ether oxygens (including phenoxy) is 1. The summed E-state index contributed by atoms with van der Waals surface area (Å²) in [6.45, 7) is 7.85. The minimum absolute atomic E-state index is 0.588. The number of rotatable bonds is 5. The predicted molar refractivity (Wildman–Crippen MR) is 77.0 cm³/mol. The molecule has 18 heavy (non-hydrogen) atoms. The summed E-state index contributed by atoms with van der Waals surface area (Å²) >= 11 is 0. The Balaban J connectivity index is 2.74. The molecule has 0 radical (unpaired) electrons. The van der Waals surface area contributed by atoms with Gasteiger partial charge in [-0.05, 0) is 63.3 Å². The zero-order valence-corrected chi connectivity index (χ0v) is 12.1. The fraction of sp³-hybridized carbons (Fsp3) is 0.500. The van der Waals surface area contributed by atoms with E-state index in [4.69, 9.17) is 4.74 Å². The van der Waals surface area contributed by atoms with Crippen molar-refractivity contribution in [1.29, 1.82) is 0 Å². The largest absolute Gasteiger partial charge is 0.496 e. The second-order valence-corrected chi connectivity index (χ2v) is 5.36. The fourth-order valence-electron chi connectivity index (χ4n) is 1.87. The maximum Gasteiger partial charge on any atom is 0.122 e. The van der Waals surface area contributed by atoms with Gasteiger partial charge in [0.05, 0.1) is 12.7 Å². The maximum atomic E-state index is 9.63. The van der Waals surface area contributed by atoms with Crippen LogP contribution in [0.1, 0.15) is 43.4 Å². The van der Waals surface area contributed by atoms with Crippen molar-refractivity contribution < 1.29 is 9.84 Å². The zero-order valence-electron chi connectivity index (χ0n) is 12.1. The van der Waals surface area contributed by atoms with Gasteiger partial charge in [-0.25, -0.2) is 0 Å². The third kappa shape index (κ3) is 4.19. The van der Waals surface area contributed by atoms with Crippen molar-refractivity contribution in [3.05, 3.63) is 34.9 Å². The van der Waals surface area contributed by atoms with E-state index in [-0.39, 0.29) is 0 Å². The summed E-state index contributed by atoms with van der Waals surface area (Å²) in [5.41, 5.74) is 3.05. The number of hydrogen-bond acceptors (Lipinski definition) is 2. The monoisotopic (exact) mass is 248 g/mol. The van der Waals surface area contributed by atoms with E-state index in [0.717, 1.165) is 18.6 Å². The van der Waals surface area contributed by atoms with Gasteiger partial charge >= 0.3 is 0 Å². The molecule has 100 valence electrons. The SMILES string of the molecule is COc1ccc(/C=C/CCC(C)(C)O)c(C)c1C. The standard InChI is InChI=1S/C16H24O2/c1-12-13(2)15(18-5)10-9-14(12)8-6-7-11-16(3,4)17/h6,8-10,17H,7,11H2,1-5H3/b8-6+. The number of methoxy groups -OCH3 is 1. The summed E-state index contributed by atoms with van der Waals surface area (Å²) in [5, 5.41) is 9.63. The van der Waals surface area contributed by atoms with E-state index in [0.29, 0.717) is 0 Å². The van der Waals surface area contributed by atoms with Crippen LogP contribution < -0.4 is 4.74 Å². The fourth-order valence-corrected chi connectivity index (χ4v) is 1.87. The van der Waals surface area contributed by atoms with Crippen LogP contribution in [0.2, 0.25) is 0 Å². The summed E-state index contributed by atoms with van der Waals surface area (Å²) in [7, 11) is 1.70. The molecule has 0 aromatic heterocycles. The van der Waals surface area contributed by atoms with Crippen LogP contribution in [-0.4, -0.2) is 17.8 Å². The van der Waals surface area contributed by atoms with Crippen LogP contribution in [0, 0.1) is 13.8 Å². The first-order chi connectivity index (χ1) is 8.35. The van der Waals surface area contributed by atoms with E-state index in [9.17, 15) is 5.11 Å². The molecule has 1 N–H and O–H groups in total. The van der Waals surface area contributed by atoms with Crippen LogP contribution in [0.25, 0.3) is 6.08 Å². The van der Waals surface area contributed by atoms with E-state index in [1.165, 1.54) is 16.7 Å². The summed E-state index contributed by atoms with van der Waals surface area (Å²) in [4.78, 5) is 0. The Bertz CT molecular complexity index is 425. The van der Waals surface area contributed by atoms with Gasteiger partial charge in [0.1, 0.15) is 5.75 Å². The number of benzene rings is 1. The predicted octanol–water partition coefficient (Wildman–Crippen LogP) is 3.88. The van der Waals surface area contributed by atoms with Crippen LogP contribution in [0.5, 0.6) is 5.75 Å². The highest BCUT2D eigenvalue weighted by Crippen LogP contribution is 2.25. The normalized spacial score (nSPS) is 12.1. The van der Waals surface area contributed by atoms with E-state index in [2.05, 4.69) is 32.1 Å². The van der Waals surface area contributed by atoms with Crippen molar-refractivity contribution >= 4 is 6.08 Å². The number of aliphatic hydroxyl groups is 1. The van der Waals surface area contributed by atoms with Crippen molar-refractivity contribution in [1.82, 2.24) is 0 Å². The lowest BCUT2D eigenvalue weighted by molar-refractivity contribution is 0.0722. The van der Waals surface area contributed by atoms with Gasteiger partial charge in [-0.3, -0.25) is 0 Å². The molecule has 0 saturated heterocycles. The van der Waals surface area contributed by atoms with Gasteiger partial charge in [-0.2, -0.15) is 0 Å². The highest BCUT2D eigenvalue weighted by Gasteiger charge is 2.10. The Morgan fingerprint density at radius 2 is 1.89 bits per heavy atom. The minimum Gasteiger partial charge on any atom is -0.496 e. The second-order valence-electron chi connectivity index (χ2n) is 5.36. The van der Waals surface area contributed by atoms with Crippen LogP contribution in [0.15, 0.2) is 18.2 Å². The molecule has 0 saturated carbocycles. The molecular formula is C16H24O2. The topological polar surface area (TPSA) is 29.5 Å². The van der Waals surface area contributed by atoms with E-state index in [1.54, 1.807) is 7.11 Å². The van der Waals surface area contributed by atoms with Gasteiger partial charge in [0, 0.05) is 0 Å². The third-order valence-electron chi connectivity index (χ3n) is 3.22. The molecule has 0 heterocycles. The van der Waals surface area contributed by atoms with Gasteiger partial charge in [0.2, 0.25) is 0 Å². The molecule has 0 unspecified atom stereocenters. The highest BCUT2D eigenvalue weighted by atomic mass is 16.5. The Kier molecular flexibility index (Phi) is 4.97. The molecule has 0 aliphatic heterocycles. The average molecular weight is 248 g/mol. The summed E-state index contributed by atoms with van der Waals surface area (Å²) in [5.74, 6) is 0.932. The Morgan fingerprint density at radius 1 is 1.22 bits per heavy atom.